The molecular formula is C21H22N4O. The lowest BCUT2D eigenvalue weighted by atomic mass is 10.1. The van der Waals surface area contributed by atoms with E-state index in [1.54, 1.807) is 6.20 Å². The summed E-state index contributed by atoms with van der Waals surface area (Å²) in [4.78, 5) is 21.3. The third-order valence-corrected chi connectivity index (χ3v) is 4.16. The van der Waals surface area contributed by atoms with Crippen LogP contribution in [0.15, 0.2) is 54.7 Å². The molecule has 0 atom stereocenters. The Kier molecular flexibility index (Phi) is 5.27. The first-order valence-corrected chi connectivity index (χ1v) is 8.53. The van der Waals surface area contributed by atoms with Crippen molar-refractivity contribution in [2.24, 2.45) is 0 Å². The van der Waals surface area contributed by atoms with Crippen LogP contribution in [0.4, 0.5) is 11.6 Å². The summed E-state index contributed by atoms with van der Waals surface area (Å²) in [5.74, 6) is 0.306. The molecule has 0 unspecified atom stereocenters. The summed E-state index contributed by atoms with van der Waals surface area (Å²) in [6.45, 7) is 6.41. The standard InChI is InChI=1S/C21H22N4O/c1-14-9-10-15(2)19(11-14)25-20(26)18-13-23-21(24-16(18)3)22-12-17-7-5-4-6-8-17/h4-11,13H,12H2,1-3H3,(H,25,26)(H,22,23,24). The fourth-order valence-corrected chi connectivity index (χ4v) is 2.61. The van der Waals surface area contributed by atoms with E-state index in [-0.39, 0.29) is 5.91 Å². The van der Waals surface area contributed by atoms with E-state index in [1.165, 1.54) is 0 Å². The number of aromatic nitrogens is 2. The quantitative estimate of drug-likeness (QED) is 0.724. The molecule has 0 aliphatic carbocycles. The van der Waals surface area contributed by atoms with Crippen molar-refractivity contribution in [3.05, 3.63) is 82.7 Å². The molecule has 2 N–H and O–H groups in total. The number of amides is 1. The fourth-order valence-electron chi connectivity index (χ4n) is 2.61. The van der Waals surface area contributed by atoms with Crippen LogP contribution < -0.4 is 10.6 Å². The monoisotopic (exact) mass is 346 g/mol. The molecule has 0 bridgehead atoms. The zero-order chi connectivity index (χ0) is 18.5. The minimum absolute atomic E-state index is 0.203. The van der Waals surface area contributed by atoms with Crippen LogP contribution in [0.1, 0.15) is 32.7 Å². The highest BCUT2D eigenvalue weighted by Crippen LogP contribution is 2.18. The van der Waals surface area contributed by atoms with Gasteiger partial charge in [0.2, 0.25) is 5.95 Å². The maximum atomic E-state index is 12.6. The summed E-state index contributed by atoms with van der Waals surface area (Å²) in [5, 5.41) is 6.13. The van der Waals surface area contributed by atoms with Crippen molar-refractivity contribution in [1.29, 1.82) is 0 Å². The van der Waals surface area contributed by atoms with E-state index in [4.69, 9.17) is 0 Å². The summed E-state index contributed by atoms with van der Waals surface area (Å²) in [6.07, 6.45) is 1.57. The number of benzene rings is 2. The molecule has 1 aromatic heterocycles. The highest BCUT2D eigenvalue weighted by molar-refractivity contribution is 6.05. The first-order chi connectivity index (χ1) is 12.5. The molecule has 1 amide bonds. The Morgan fingerprint density at radius 2 is 1.81 bits per heavy atom. The summed E-state index contributed by atoms with van der Waals surface area (Å²) in [6, 6.07) is 16.0. The number of nitrogens with one attached hydrogen (secondary N) is 2. The van der Waals surface area contributed by atoms with Gasteiger partial charge in [0, 0.05) is 18.4 Å². The average Bonchev–Trinajstić information content (AvgIpc) is 2.64. The van der Waals surface area contributed by atoms with Gasteiger partial charge in [-0.15, -0.1) is 0 Å². The maximum absolute atomic E-state index is 12.6. The number of aryl methyl sites for hydroxylation is 3. The predicted molar refractivity (Wildman–Crippen MR) is 104 cm³/mol. The Morgan fingerprint density at radius 3 is 2.54 bits per heavy atom. The topological polar surface area (TPSA) is 66.9 Å². The molecule has 5 nitrogen and oxygen atoms in total. The number of carbonyl (C=O) groups excluding carboxylic acids is 1. The Bertz CT molecular complexity index is 923. The number of rotatable bonds is 5. The lowest BCUT2D eigenvalue weighted by molar-refractivity contribution is 0.102. The van der Waals surface area contributed by atoms with Crippen LogP contribution in [-0.2, 0) is 6.54 Å². The van der Waals surface area contributed by atoms with E-state index < -0.39 is 0 Å². The van der Waals surface area contributed by atoms with Gasteiger partial charge in [-0.25, -0.2) is 9.97 Å². The molecule has 0 saturated carbocycles. The van der Waals surface area contributed by atoms with Crippen molar-refractivity contribution in [2.75, 3.05) is 10.6 Å². The van der Waals surface area contributed by atoms with Gasteiger partial charge in [-0.1, -0.05) is 42.5 Å². The highest BCUT2D eigenvalue weighted by Gasteiger charge is 2.13. The van der Waals surface area contributed by atoms with E-state index in [0.29, 0.717) is 23.8 Å². The van der Waals surface area contributed by atoms with E-state index in [1.807, 2.05) is 69.3 Å². The third-order valence-electron chi connectivity index (χ3n) is 4.16. The van der Waals surface area contributed by atoms with Gasteiger partial charge in [0.15, 0.2) is 0 Å². The van der Waals surface area contributed by atoms with Crippen LogP contribution in [0.3, 0.4) is 0 Å². The number of hydrogen-bond donors (Lipinski definition) is 2. The summed E-state index contributed by atoms with van der Waals surface area (Å²) >= 11 is 0. The molecule has 3 rings (SSSR count). The van der Waals surface area contributed by atoms with Crippen molar-refractivity contribution in [1.82, 2.24) is 9.97 Å². The lowest BCUT2D eigenvalue weighted by Gasteiger charge is -2.11. The molecular weight excluding hydrogens is 324 g/mol. The first kappa shape index (κ1) is 17.6. The van der Waals surface area contributed by atoms with Crippen molar-refractivity contribution < 1.29 is 4.79 Å². The second kappa shape index (κ2) is 7.78. The van der Waals surface area contributed by atoms with Gasteiger partial charge in [0.05, 0.1) is 11.3 Å². The number of carbonyl (C=O) groups is 1. The van der Waals surface area contributed by atoms with Crippen LogP contribution in [0.25, 0.3) is 0 Å². The zero-order valence-corrected chi connectivity index (χ0v) is 15.2. The van der Waals surface area contributed by atoms with E-state index in [2.05, 4.69) is 20.6 Å². The smallest absolute Gasteiger partial charge is 0.259 e. The summed E-state index contributed by atoms with van der Waals surface area (Å²) < 4.78 is 0. The van der Waals surface area contributed by atoms with Crippen molar-refractivity contribution in [3.63, 3.8) is 0 Å². The van der Waals surface area contributed by atoms with Gasteiger partial charge in [0.1, 0.15) is 0 Å². The van der Waals surface area contributed by atoms with Crippen LogP contribution in [-0.4, -0.2) is 15.9 Å². The fraction of sp³-hybridized carbons (Fsp3) is 0.190. The van der Waals surface area contributed by atoms with E-state index in [0.717, 1.165) is 22.4 Å². The van der Waals surface area contributed by atoms with Gasteiger partial charge in [0.25, 0.3) is 5.91 Å². The van der Waals surface area contributed by atoms with Crippen LogP contribution >= 0.6 is 0 Å². The predicted octanol–water partition coefficient (Wildman–Crippen LogP) is 4.27. The van der Waals surface area contributed by atoms with Crippen LogP contribution in [0.5, 0.6) is 0 Å². The lowest BCUT2D eigenvalue weighted by Crippen LogP contribution is -2.16. The van der Waals surface area contributed by atoms with E-state index >= 15 is 0 Å². The molecule has 1 heterocycles. The Balaban J connectivity index is 1.70. The molecule has 0 saturated heterocycles. The second-order valence-corrected chi connectivity index (χ2v) is 6.30. The van der Waals surface area contributed by atoms with Gasteiger partial charge < -0.3 is 10.6 Å². The highest BCUT2D eigenvalue weighted by atomic mass is 16.1. The maximum Gasteiger partial charge on any atom is 0.259 e. The normalized spacial score (nSPS) is 10.4. The first-order valence-electron chi connectivity index (χ1n) is 8.53. The molecule has 5 heteroatoms. The largest absolute Gasteiger partial charge is 0.350 e. The minimum atomic E-state index is -0.203. The molecule has 0 aliphatic heterocycles. The van der Waals surface area contributed by atoms with Gasteiger partial charge in [-0.05, 0) is 43.5 Å². The Labute approximate surface area is 153 Å². The number of hydrogen-bond acceptors (Lipinski definition) is 4. The second-order valence-electron chi connectivity index (χ2n) is 6.30. The van der Waals surface area contributed by atoms with Crippen molar-refractivity contribution in [3.8, 4) is 0 Å². The molecule has 132 valence electrons. The minimum Gasteiger partial charge on any atom is -0.350 e. The summed E-state index contributed by atoms with van der Waals surface area (Å²) in [5.41, 5.74) is 5.17. The third kappa shape index (κ3) is 4.25. The van der Waals surface area contributed by atoms with Gasteiger partial charge in [-0.2, -0.15) is 0 Å². The molecule has 0 aliphatic rings. The van der Waals surface area contributed by atoms with Crippen LogP contribution in [0.2, 0.25) is 0 Å². The van der Waals surface area contributed by atoms with Gasteiger partial charge >= 0.3 is 0 Å². The van der Waals surface area contributed by atoms with E-state index in [9.17, 15) is 4.79 Å². The molecule has 0 spiro atoms. The van der Waals surface area contributed by atoms with Gasteiger partial charge in [-0.3, -0.25) is 4.79 Å². The SMILES string of the molecule is Cc1ccc(C)c(NC(=O)c2cnc(NCc3ccccc3)nc2C)c1. The molecule has 26 heavy (non-hydrogen) atoms. The average molecular weight is 346 g/mol. The molecule has 2 aromatic carbocycles. The van der Waals surface area contributed by atoms with Crippen LogP contribution in [0, 0.1) is 20.8 Å². The Hall–Kier alpha value is -3.21. The molecule has 0 radical (unpaired) electrons. The Morgan fingerprint density at radius 1 is 1.04 bits per heavy atom. The van der Waals surface area contributed by atoms with Crippen molar-refractivity contribution in [2.45, 2.75) is 27.3 Å². The number of anilines is 2. The molecule has 0 fully saturated rings. The zero-order valence-electron chi connectivity index (χ0n) is 15.2. The van der Waals surface area contributed by atoms with Crippen molar-refractivity contribution >= 4 is 17.5 Å². The molecule has 3 aromatic rings. The summed E-state index contributed by atoms with van der Waals surface area (Å²) in [7, 11) is 0. The number of nitrogens with zero attached hydrogens (tertiary/aromatic N) is 2.